The zero-order chi connectivity index (χ0) is 15.4. The number of hydrogen-bond donors (Lipinski definition) is 2. The van der Waals surface area contributed by atoms with Gasteiger partial charge in [0, 0.05) is 33.4 Å². The summed E-state index contributed by atoms with van der Waals surface area (Å²) in [7, 11) is 0. The Morgan fingerprint density at radius 1 is 1.05 bits per heavy atom. The first-order valence-corrected chi connectivity index (χ1v) is 7.70. The summed E-state index contributed by atoms with van der Waals surface area (Å²) in [4.78, 5) is 0. The monoisotopic (exact) mass is 323 g/mol. The Balaban J connectivity index is 2.37. The van der Waals surface area contributed by atoms with E-state index in [1.807, 2.05) is 30.3 Å². The van der Waals surface area contributed by atoms with Gasteiger partial charge < -0.3 is 10.4 Å². The van der Waals surface area contributed by atoms with Crippen LogP contribution in [0.3, 0.4) is 0 Å². The maximum Gasteiger partial charge on any atom is 0.108 e. The molecule has 2 N–H and O–H groups in total. The van der Waals surface area contributed by atoms with Crippen LogP contribution >= 0.6 is 23.2 Å². The molecular weight excluding hydrogens is 305 g/mol. The molecule has 2 nitrogen and oxygen atoms in total. The van der Waals surface area contributed by atoms with Crippen LogP contribution in [-0.4, -0.2) is 11.7 Å². The zero-order valence-electron chi connectivity index (χ0n) is 12.1. The molecule has 0 radical (unpaired) electrons. The average molecular weight is 324 g/mol. The van der Waals surface area contributed by atoms with Gasteiger partial charge in [0.15, 0.2) is 0 Å². The SMILES string of the molecule is CC(C)CNc1ccc(Cl)cc1[C@H](O)c1ccccc1Cl. The molecule has 0 spiro atoms. The number of aliphatic hydroxyl groups is 1. The highest BCUT2D eigenvalue weighted by atomic mass is 35.5. The van der Waals surface area contributed by atoms with Gasteiger partial charge in [0.25, 0.3) is 0 Å². The third kappa shape index (κ3) is 4.13. The lowest BCUT2D eigenvalue weighted by atomic mass is 9.99. The molecule has 0 saturated heterocycles. The lowest BCUT2D eigenvalue weighted by Crippen LogP contribution is -2.12. The number of halogens is 2. The molecule has 0 amide bonds. The summed E-state index contributed by atoms with van der Waals surface area (Å²) < 4.78 is 0. The van der Waals surface area contributed by atoms with E-state index in [1.165, 1.54) is 0 Å². The van der Waals surface area contributed by atoms with Crippen LogP contribution in [0.5, 0.6) is 0 Å². The molecule has 0 unspecified atom stereocenters. The Labute approximate surface area is 135 Å². The van der Waals surface area contributed by atoms with Gasteiger partial charge in [-0.25, -0.2) is 0 Å². The maximum atomic E-state index is 10.7. The molecule has 0 fully saturated rings. The van der Waals surface area contributed by atoms with Crippen molar-refractivity contribution < 1.29 is 5.11 Å². The van der Waals surface area contributed by atoms with Crippen LogP contribution < -0.4 is 5.32 Å². The van der Waals surface area contributed by atoms with E-state index in [2.05, 4.69) is 19.2 Å². The number of hydrogen-bond acceptors (Lipinski definition) is 2. The van der Waals surface area contributed by atoms with Crippen molar-refractivity contribution in [3.8, 4) is 0 Å². The average Bonchev–Trinajstić information content (AvgIpc) is 2.45. The lowest BCUT2D eigenvalue weighted by Gasteiger charge is -2.19. The van der Waals surface area contributed by atoms with E-state index in [1.54, 1.807) is 12.1 Å². The second-order valence-corrected chi connectivity index (χ2v) is 6.27. The van der Waals surface area contributed by atoms with Gasteiger partial charge in [-0.15, -0.1) is 0 Å². The number of rotatable bonds is 5. The fraction of sp³-hybridized carbons (Fsp3) is 0.294. The highest BCUT2D eigenvalue weighted by molar-refractivity contribution is 6.31. The Morgan fingerprint density at radius 2 is 1.76 bits per heavy atom. The van der Waals surface area contributed by atoms with Crippen molar-refractivity contribution in [2.45, 2.75) is 20.0 Å². The van der Waals surface area contributed by atoms with E-state index < -0.39 is 6.10 Å². The first-order valence-electron chi connectivity index (χ1n) is 6.95. The summed E-state index contributed by atoms with van der Waals surface area (Å²) in [6.45, 7) is 5.09. The highest BCUT2D eigenvalue weighted by Gasteiger charge is 2.17. The number of anilines is 1. The smallest absolute Gasteiger partial charge is 0.108 e. The number of aliphatic hydroxyl groups excluding tert-OH is 1. The molecule has 2 aromatic rings. The molecule has 1 atom stereocenters. The Morgan fingerprint density at radius 3 is 2.43 bits per heavy atom. The minimum absolute atomic E-state index is 0.506. The molecule has 2 rings (SSSR count). The van der Waals surface area contributed by atoms with Crippen molar-refractivity contribution in [2.75, 3.05) is 11.9 Å². The Bertz CT molecular complexity index is 613. The van der Waals surface area contributed by atoms with E-state index in [0.29, 0.717) is 21.5 Å². The molecule has 0 aliphatic carbocycles. The van der Waals surface area contributed by atoms with Gasteiger partial charge in [-0.2, -0.15) is 0 Å². The zero-order valence-corrected chi connectivity index (χ0v) is 13.6. The van der Waals surface area contributed by atoms with Crippen LogP contribution in [0.15, 0.2) is 42.5 Å². The molecule has 0 aliphatic heterocycles. The molecule has 0 aliphatic rings. The van der Waals surface area contributed by atoms with E-state index >= 15 is 0 Å². The third-order valence-electron chi connectivity index (χ3n) is 3.21. The molecule has 21 heavy (non-hydrogen) atoms. The summed E-state index contributed by atoms with van der Waals surface area (Å²) in [6, 6.07) is 12.8. The van der Waals surface area contributed by atoms with Gasteiger partial charge in [0.05, 0.1) is 0 Å². The minimum Gasteiger partial charge on any atom is -0.384 e. The quantitative estimate of drug-likeness (QED) is 0.798. The summed E-state index contributed by atoms with van der Waals surface area (Å²) in [5.41, 5.74) is 2.28. The normalized spacial score (nSPS) is 12.5. The second kappa shape index (κ2) is 7.17. The van der Waals surface area contributed by atoms with Crippen molar-refractivity contribution in [3.05, 3.63) is 63.6 Å². The molecule has 4 heteroatoms. The Hall–Kier alpha value is -1.22. The van der Waals surface area contributed by atoms with E-state index in [0.717, 1.165) is 17.8 Å². The van der Waals surface area contributed by atoms with Gasteiger partial charge in [-0.05, 0) is 30.2 Å². The van der Waals surface area contributed by atoms with E-state index in [9.17, 15) is 5.11 Å². The largest absolute Gasteiger partial charge is 0.384 e. The van der Waals surface area contributed by atoms with Crippen LogP contribution in [0.1, 0.15) is 31.1 Å². The summed E-state index contributed by atoms with van der Waals surface area (Å²) in [5.74, 6) is 0.506. The molecule has 0 aromatic heterocycles. The highest BCUT2D eigenvalue weighted by Crippen LogP contribution is 2.34. The first-order chi connectivity index (χ1) is 9.99. The van der Waals surface area contributed by atoms with Crippen molar-refractivity contribution in [2.24, 2.45) is 5.92 Å². The fourth-order valence-electron chi connectivity index (χ4n) is 2.10. The number of benzene rings is 2. The van der Waals surface area contributed by atoms with Crippen LogP contribution in [0.2, 0.25) is 10.0 Å². The molecule has 0 saturated carbocycles. The Kier molecular flexibility index (Phi) is 5.51. The van der Waals surface area contributed by atoms with Gasteiger partial charge in [0.1, 0.15) is 6.10 Å². The lowest BCUT2D eigenvalue weighted by molar-refractivity contribution is 0.221. The van der Waals surface area contributed by atoms with Crippen molar-refractivity contribution in [1.29, 1.82) is 0 Å². The summed E-state index contributed by atoms with van der Waals surface area (Å²) in [6.07, 6.45) is -0.813. The molecule has 0 bridgehead atoms. The maximum absolute atomic E-state index is 10.7. The first kappa shape index (κ1) is 16.2. The van der Waals surface area contributed by atoms with Crippen LogP contribution in [0.4, 0.5) is 5.69 Å². The molecule has 0 heterocycles. The molecular formula is C17H19Cl2NO. The van der Waals surface area contributed by atoms with Crippen LogP contribution in [0.25, 0.3) is 0 Å². The van der Waals surface area contributed by atoms with Gasteiger partial charge >= 0.3 is 0 Å². The van der Waals surface area contributed by atoms with E-state index in [4.69, 9.17) is 23.2 Å². The van der Waals surface area contributed by atoms with Crippen LogP contribution in [0, 0.1) is 5.92 Å². The predicted octanol–water partition coefficient (Wildman–Crippen LogP) is 5.14. The van der Waals surface area contributed by atoms with Crippen molar-refractivity contribution >= 4 is 28.9 Å². The standard InChI is InChI=1S/C17H19Cl2NO/c1-11(2)10-20-16-8-7-12(18)9-14(16)17(21)13-5-3-4-6-15(13)19/h3-9,11,17,20-21H,10H2,1-2H3/t17-/m1/s1. The van der Waals surface area contributed by atoms with Gasteiger partial charge in [0.2, 0.25) is 0 Å². The predicted molar refractivity (Wildman–Crippen MR) is 90.3 cm³/mol. The minimum atomic E-state index is -0.813. The summed E-state index contributed by atoms with van der Waals surface area (Å²) >= 11 is 12.3. The topological polar surface area (TPSA) is 32.3 Å². The van der Waals surface area contributed by atoms with Crippen molar-refractivity contribution in [3.63, 3.8) is 0 Å². The van der Waals surface area contributed by atoms with E-state index in [-0.39, 0.29) is 0 Å². The van der Waals surface area contributed by atoms with Gasteiger partial charge in [-0.1, -0.05) is 55.2 Å². The van der Waals surface area contributed by atoms with Crippen LogP contribution in [-0.2, 0) is 0 Å². The molecule has 112 valence electrons. The fourth-order valence-corrected chi connectivity index (χ4v) is 2.52. The summed E-state index contributed by atoms with van der Waals surface area (Å²) in [5, 5.41) is 15.1. The molecule has 2 aromatic carbocycles. The number of nitrogens with one attached hydrogen (secondary N) is 1. The second-order valence-electron chi connectivity index (χ2n) is 5.43. The third-order valence-corrected chi connectivity index (χ3v) is 3.79. The van der Waals surface area contributed by atoms with Gasteiger partial charge in [-0.3, -0.25) is 0 Å². The van der Waals surface area contributed by atoms with Crippen molar-refractivity contribution in [1.82, 2.24) is 0 Å².